The van der Waals surface area contributed by atoms with Crippen LogP contribution in [0.4, 0.5) is 39.5 Å². The van der Waals surface area contributed by atoms with Crippen LogP contribution in [0, 0.1) is 34.0 Å². The van der Waals surface area contributed by atoms with Crippen molar-refractivity contribution in [3.05, 3.63) is 33.4 Å². The summed E-state index contributed by atoms with van der Waals surface area (Å²) < 4.78 is 118. The fraction of sp³-hybridized carbons (Fsp3) is 0.308. The van der Waals surface area contributed by atoms with Crippen LogP contribution in [0.5, 0.6) is 0 Å². The summed E-state index contributed by atoms with van der Waals surface area (Å²) in [5.41, 5.74) is -14.0. The second-order valence-corrected chi connectivity index (χ2v) is 4.41. The van der Waals surface area contributed by atoms with Crippen molar-refractivity contribution in [1.82, 2.24) is 0 Å². The Kier molecular flexibility index (Phi) is 4.96. The van der Waals surface area contributed by atoms with Gasteiger partial charge in [0.1, 0.15) is 12.1 Å². The van der Waals surface area contributed by atoms with Gasteiger partial charge >= 0.3 is 18.5 Å². The number of nitriles is 3. The van der Waals surface area contributed by atoms with Crippen molar-refractivity contribution in [1.29, 1.82) is 15.8 Å². The fourth-order valence-electron chi connectivity index (χ4n) is 2.17. The van der Waals surface area contributed by atoms with Gasteiger partial charge in [-0.15, -0.1) is 0 Å². The minimum absolute atomic E-state index is 0.481. The standard InChI is InChI=1S/C13H2F9N3/c14-11(15,16)8-5(1-2-23)6(3-24)9(12(17,18)19)10(7(8)4-25)13(20,21)22/h1H2. The lowest BCUT2D eigenvalue weighted by Crippen LogP contribution is -2.26. The van der Waals surface area contributed by atoms with Crippen molar-refractivity contribution >= 4 is 0 Å². The number of hydrogen-bond acceptors (Lipinski definition) is 3. The molecule has 0 spiro atoms. The lowest BCUT2D eigenvalue weighted by Gasteiger charge is -2.24. The maximum absolute atomic E-state index is 13.1. The van der Waals surface area contributed by atoms with E-state index in [-0.39, 0.29) is 0 Å². The van der Waals surface area contributed by atoms with E-state index in [1.54, 1.807) is 0 Å². The highest BCUT2D eigenvalue weighted by atomic mass is 19.4. The van der Waals surface area contributed by atoms with E-state index in [1.165, 1.54) is 0 Å². The summed E-state index contributed by atoms with van der Waals surface area (Å²) in [6.07, 6.45) is -19.1. The molecule has 0 bridgehead atoms. The van der Waals surface area contributed by atoms with Gasteiger partial charge in [0.15, 0.2) is 0 Å². The molecule has 0 unspecified atom stereocenters. The predicted octanol–water partition coefficient (Wildman–Crippen LogP) is 4.55. The Balaban J connectivity index is 4.43. The van der Waals surface area contributed by atoms with Crippen molar-refractivity contribution in [3.63, 3.8) is 0 Å². The smallest absolute Gasteiger partial charge is 0.198 e. The highest BCUT2D eigenvalue weighted by Crippen LogP contribution is 2.49. The topological polar surface area (TPSA) is 71.4 Å². The maximum atomic E-state index is 13.1. The quantitative estimate of drug-likeness (QED) is 0.680. The molecule has 0 aromatic heterocycles. The minimum Gasteiger partial charge on any atom is -0.198 e. The number of alkyl halides is 9. The van der Waals surface area contributed by atoms with Crippen molar-refractivity contribution in [2.75, 3.05) is 0 Å². The van der Waals surface area contributed by atoms with Crippen LogP contribution >= 0.6 is 0 Å². The normalized spacial score (nSPS) is 12.2. The van der Waals surface area contributed by atoms with E-state index in [1.807, 2.05) is 0 Å². The number of benzene rings is 1. The van der Waals surface area contributed by atoms with E-state index < -0.39 is 58.3 Å². The van der Waals surface area contributed by atoms with Gasteiger partial charge in [0.05, 0.1) is 40.3 Å². The largest absolute Gasteiger partial charge is 0.418 e. The molecule has 25 heavy (non-hydrogen) atoms. The molecule has 1 aromatic rings. The Labute approximate surface area is 133 Å². The van der Waals surface area contributed by atoms with E-state index in [2.05, 4.69) is 0 Å². The number of rotatable bonds is 1. The third kappa shape index (κ3) is 3.61. The van der Waals surface area contributed by atoms with Gasteiger partial charge in [-0.25, -0.2) is 0 Å². The van der Waals surface area contributed by atoms with Crippen molar-refractivity contribution in [2.45, 2.75) is 24.9 Å². The summed E-state index contributed by atoms with van der Waals surface area (Å²) in [4.78, 5) is 0. The fourth-order valence-corrected chi connectivity index (χ4v) is 2.17. The molecule has 0 radical (unpaired) electrons. The summed E-state index contributed by atoms with van der Waals surface area (Å²) in [5.74, 6) is 0. The van der Waals surface area contributed by atoms with E-state index in [4.69, 9.17) is 15.8 Å². The van der Waals surface area contributed by atoms with Crippen LogP contribution in [0.15, 0.2) is 0 Å². The van der Waals surface area contributed by atoms with E-state index in [0.717, 1.165) is 6.07 Å². The van der Waals surface area contributed by atoms with Crippen LogP contribution in [0.1, 0.15) is 33.4 Å². The Morgan fingerprint density at radius 2 is 0.960 bits per heavy atom. The van der Waals surface area contributed by atoms with E-state index in [0.29, 0.717) is 12.1 Å². The maximum Gasteiger partial charge on any atom is 0.418 e. The molecule has 0 amide bonds. The molecular weight excluding hydrogens is 369 g/mol. The van der Waals surface area contributed by atoms with Crippen LogP contribution in [-0.4, -0.2) is 0 Å². The molecule has 0 N–H and O–H groups in total. The average Bonchev–Trinajstić information content (AvgIpc) is 2.42. The summed E-state index contributed by atoms with van der Waals surface area (Å²) in [7, 11) is 0. The minimum atomic E-state index is -6.01. The number of hydrogen-bond donors (Lipinski definition) is 0. The highest BCUT2D eigenvalue weighted by molar-refractivity contribution is 5.63. The van der Waals surface area contributed by atoms with Gasteiger partial charge in [-0.2, -0.15) is 55.3 Å². The Morgan fingerprint density at radius 3 is 1.24 bits per heavy atom. The van der Waals surface area contributed by atoms with Crippen LogP contribution in [0.25, 0.3) is 0 Å². The molecule has 0 fully saturated rings. The first kappa shape index (κ1) is 20.1. The third-order valence-corrected chi connectivity index (χ3v) is 2.93. The molecule has 132 valence electrons. The first-order chi connectivity index (χ1) is 11.2. The van der Waals surface area contributed by atoms with Gasteiger partial charge in [-0.05, 0) is 5.56 Å². The number of halogens is 9. The van der Waals surface area contributed by atoms with Crippen molar-refractivity contribution in [3.8, 4) is 18.2 Å². The first-order valence-electron chi connectivity index (χ1n) is 5.83. The molecule has 0 heterocycles. The lowest BCUT2D eigenvalue weighted by atomic mass is 9.85. The monoisotopic (exact) mass is 371 g/mol. The first-order valence-corrected chi connectivity index (χ1v) is 5.83. The van der Waals surface area contributed by atoms with Gasteiger partial charge in [0.2, 0.25) is 0 Å². The Morgan fingerprint density at radius 1 is 0.600 bits per heavy atom. The van der Waals surface area contributed by atoms with Crippen molar-refractivity contribution in [2.24, 2.45) is 0 Å². The summed E-state index contributed by atoms with van der Waals surface area (Å²) in [5, 5.41) is 25.9. The average molecular weight is 371 g/mol. The van der Waals surface area contributed by atoms with Crippen LogP contribution < -0.4 is 0 Å². The zero-order chi connectivity index (χ0) is 19.8. The molecule has 0 saturated carbocycles. The van der Waals surface area contributed by atoms with E-state index >= 15 is 0 Å². The summed E-state index contributed by atoms with van der Waals surface area (Å²) in [6.45, 7) is 0. The zero-order valence-electron chi connectivity index (χ0n) is 11.5. The van der Waals surface area contributed by atoms with E-state index in [9.17, 15) is 39.5 Å². The second-order valence-electron chi connectivity index (χ2n) is 4.41. The van der Waals surface area contributed by atoms with Crippen LogP contribution in [0.2, 0.25) is 0 Å². The molecule has 12 heteroatoms. The van der Waals surface area contributed by atoms with Gasteiger partial charge in [-0.1, -0.05) is 0 Å². The van der Waals surface area contributed by atoms with Gasteiger partial charge in [0.25, 0.3) is 0 Å². The van der Waals surface area contributed by atoms with Gasteiger partial charge in [-0.3, -0.25) is 0 Å². The molecule has 1 rings (SSSR count). The third-order valence-electron chi connectivity index (χ3n) is 2.93. The summed E-state index contributed by atoms with van der Waals surface area (Å²) >= 11 is 0. The Hall–Kier alpha value is -2.94. The van der Waals surface area contributed by atoms with Gasteiger partial charge < -0.3 is 0 Å². The molecular formula is C13H2F9N3. The predicted molar refractivity (Wildman–Crippen MR) is 60.2 cm³/mol. The molecule has 3 nitrogen and oxygen atoms in total. The van der Waals surface area contributed by atoms with Crippen molar-refractivity contribution < 1.29 is 39.5 Å². The highest BCUT2D eigenvalue weighted by Gasteiger charge is 2.52. The zero-order valence-corrected chi connectivity index (χ0v) is 11.5. The second kappa shape index (κ2) is 6.17. The molecule has 0 aliphatic carbocycles. The SMILES string of the molecule is N#CCc1c(C#N)c(C(F)(F)F)c(C(F)(F)F)c(C#N)c1C(F)(F)F. The van der Waals surface area contributed by atoms with Gasteiger partial charge in [0, 0.05) is 0 Å². The molecule has 0 atom stereocenters. The molecule has 0 aliphatic rings. The molecule has 0 aliphatic heterocycles. The summed E-state index contributed by atoms with van der Waals surface area (Å²) in [6, 6.07) is 2.18. The lowest BCUT2D eigenvalue weighted by molar-refractivity contribution is -0.164. The molecule has 0 saturated heterocycles. The van der Waals surface area contributed by atoms with Crippen LogP contribution in [-0.2, 0) is 24.9 Å². The molecule has 1 aromatic carbocycles. The van der Waals surface area contributed by atoms with Crippen LogP contribution in [0.3, 0.4) is 0 Å². The number of nitrogens with zero attached hydrogens (tertiary/aromatic N) is 3. The Bertz CT molecular complexity index is 824.